The van der Waals surface area contributed by atoms with Crippen LogP contribution in [0.4, 0.5) is 0 Å². The lowest BCUT2D eigenvalue weighted by Gasteiger charge is -2.50. The van der Waals surface area contributed by atoms with Crippen molar-refractivity contribution in [3.8, 4) is 0 Å². The van der Waals surface area contributed by atoms with Crippen molar-refractivity contribution in [3.05, 3.63) is 35.6 Å². The summed E-state index contributed by atoms with van der Waals surface area (Å²) in [5, 5.41) is 30.5. The number of ketones is 1. The molecule has 0 aromatic heterocycles. The molecule has 0 aromatic carbocycles. The number of aliphatic hydroxyl groups is 3. The first kappa shape index (κ1) is 20.8. The summed E-state index contributed by atoms with van der Waals surface area (Å²) < 4.78 is 0. The molecule has 6 atom stereocenters. The molecule has 1 saturated heterocycles. The van der Waals surface area contributed by atoms with Crippen molar-refractivity contribution in [2.45, 2.75) is 39.2 Å². The number of fused-ring (bicyclic) bond motifs is 1. The van der Waals surface area contributed by atoms with Crippen LogP contribution >= 0.6 is 0 Å². The van der Waals surface area contributed by atoms with Crippen LogP contribution in [0, 0.1) is 29.1 Å². The average Bonchev–Trinajstić information content (AvgIpc) is 2.91. The monoisotopic (exact) mass is 389 g/mol. The molecule has 2 aliphatic carbocycles. The van der Waals surface area contributed by atoms with Gasteiger partial charge in [-0.25, -0.2) is 0 Å². The third-order valence-corrected chi connectivity index (χ3v) is 7.17. The van der Waals surface area contributed by atoms with E-state index in [1.807, 2.05) is 26.0 Å². The van der Waals surface area contributed by atoms with Crippen LogP contribution in [-0.2, 0) is 9.59 Å². The third kappa shape index (κ3) is 3.03. The fourth-order valence-corrected chi connectivity index (χ4v) is 5.39. The third-order valence-electron chi connectivity index (χ3n) is 7.17. The van der Waals surface area contributed by atoms with E-state index in [0.29, 0.717) is 0 Å². The van der Waals surface area contributed by atoms with Gasteiger partial charge in [0.15, 0.2) is 5.78 Å². The zero-order valence-corrected chi connectivity index (χ0v) is 16.8. The van der Waals surface area contributed by atoms with Crippen molar-refractivity contribution in [2.24, 2.45) is 29.1 Å². The number of carbonyl (C=O) groups is 2. The maximum Gasteiger partial charge on any atom is 0.261 e. The molecular weight excluding hydrogens is 358 g/mol. The summed E-state index contributed by atoms with van der Waals surface area (Å²) in [5.41, 5.74) is -0.977. The van der Waals surface area contributed by atoms with Crippen LogP contribution in [0.2, 0.25) is 0 Å². The highest BCUT2D eigenvalue weighted by Crippen LogP contribution is 2.56. The number of rotatable bonds is 4. The summed E-state index contributed by atoms with van der Waals surface area (Å²) in [6.45, 7) is 3.54. The van der Waals surface area contributed by atoms with E-state index in [9.17, 15) is 24.9 Å². The van der Waals surface area contributed by atoms with Crippen molar-refractivity contribution < 1.29 is 24.9 Å². The standard InChI is InChI=1S/C22H31NO5/c1-4-5-15-8-7-14-10-13(11-24)6-9-16(14)22(15,2)20(27)18-19(26)17(12-25)23(3)21(18)28/h4-5,7-8,13-17,24-25,27H,6,9-12H2,1-3H3/b5-4+,20-18-/t13-,14-,15?,16-,17+,22-/m1/s1. The van der Waals surface area contributed by atoms with Gasteiger partial charge in [-0.15, -0.1) is 0 Å². The summed E-state index contributed by atoms with van der Waals surface area (Å²) in [6.07, 6.45) is 10.6. The van der Waals surface area contributed by atoms with E-state index >= 15 is 0 Å². The predicted molar refractivity (Wildman–Crippen MR) is 105 cm³/mol. The van der Waals surface area contributed by atoms with Gasteiger partial charge in [-0.2, -0.15) is 0 Å². The molecule has 0 spiro atoms. The fraction of sp³-hybridized carbons (Fsp3) is 0.636. The molecule has 1 saturated carbocycles. The molecule has 1 amide bonds. The first-order chi connectivity index (χ1) is 13.3. The molecule has 0 bridgehead atoms. The average molecular weight is 389 g/mol. The van der Waals surface area contributed by atoms with Crippen molar-refractivity contribution in [1.82, 2.24) is 4.90 Å². The molecule has 1 aliphatic heterocycles. The molecule has 0 radical (unpaired) electrons. The minimum atomic E-state index is -0.937. The molecule has 3 N–H and O–H groups in total. The molecule has 2 fully saturated rings. The van der Waals surface area contributed by atoms with E-state index in [4.69, 9.17) is 0 Å². The smallest absolute Gasteiger partial charge is 0.261 e. The van der Waals surface area contributed by atoms with E-state index in [-0.39, 0.29) is 41.6 Å². The molecule has 3 aliphatic rings. The number of carbonyl (C=O) groups excluding carboxylic acids is 2. The van der Waals surface area contributed by atoms with Gasteiger partial charge < -0.3 is 20.2 Å². The highest BCUT2D eigenvalue weighted by atomic mass is 16.3. The van der Waals surface area contributed by atoms with Crippen LogP contribution < -0.4 is 0 Å². The topological polar surface area (TPSA) is 98.1 Å². The van der Waals surface area contributed by atoms with Gasteiger partial charge in [0.1, 0.15) is 17.4 Å². The maximum atomic E-state index is 12.8. The van der Waals surface area contributed by atoms with Crippen LogP contribution in [-0.4, -0.2) is 58.2 Å². The SMILES string of the molecule is C/C=C/C1C=C[C@@H]2C[C@H](CO)CC[C@H]2[C@]1(C)/C(O)=C1\C(=O)[C@H](CO)N(C)C1=O. The normalized spacial score (nSPS) is 40.3. The number of hydrogen-bond donors (Lipinski definition) is 3. The Balaban J connectivity index is 2.11. The molecule has 154 valence electrons. The Hall–Kier alpha value is -1.92. The number of aliphatic hydroxyl groups excluding tert-OH is 3. The number of nitrogens with zero attached hydrogens (tertiary/aromatic N) is 1. The Bertz CT molecular complexity index is 739. The predicted octanol–water partition coefficient (Wildman–Crippen LogP) is 1.99. The molecule has 28 heavy (non-hydrogen) atoms. The highest BCUT2D eigenvalue weighted by molar-refractivity contribution is 6.26. The first-order valence-corrected chi connectivity index (χ1v) is 10.1. The lowest BCUT2D eigenvalue weighted by Crippen LogP contribution is -2.46. The van der Waals surface area contributed by atoms with Crippen molar-refractivity contribution in [1.29, 1.82) is 0 Å². The summed E-state index contributed by atoms with van der Waals surface area (Å²) in [4.78, 5) is 26.7. The fourth-order valence-electron chi connectivity index (χ4n) is 5.39. The van der Waals surface area contributed by atoms with Gasteiger partial charge in [0, 0.05) is 25.0 Å². The number of amides is 1. The van der Waals surface area contributed by atoms with Gasteiger partial charge in [-0.3, -0.25) is 9.59 Å². The van der Waals surface area contributed by atoms with Gasteiger partial charge in [0.25, 0.3) is 5.91 Å². The Morgan fingerprint density at radius 2 is 1.96 bits per heavy atom. The zero-order chi connectivity index (χ0) is 20.6. The van der Waals surface area contributed by atoms with Gasteiger partial charge in [0.2, 0.25) is 0 Å². The lowest BCUT2D eigenvalue weighted by atomic mass is 9.54. The second kappa shape index (κ2) is 7.84. The quantitative estimate of drug-likeness (QED) is 0.296. The van der Waals surface area contributed by atoms with Crippen molar-refractivity contribution in [3.63, 3.8) is 0 Å². The van der Waals surface area contributed by atoms with Crippen LogP contribution in [0.1, 0.15) is 33.1 Å². The van der Waals surface area contributed by atoms with E-state index in [1.54, 1.807) is 0 Å². The van der Waals surface area contributed by atoms with Crippen molar-refractivity contribution >= 4 is 11.7 Å². The van der Waals surface area contributed by atoms with Crippen LogP contribution in [0.3, 0.4) is 0 Å². The number of Topliss-reactive ketones (excluding diaryl/α,β-unsaturated/α-hetero) is 1. The Morgan fingerprint density at radius 3 is 2.54 bits per heavy atom. The zero-order valence-electron chi connectivity index (χ0n) is 16.8. The molecule has 1 unspecified atom stereocenters. The summed E-state index contributed by atoms with van der Waals surface area (Å²) in [6, 6.07) is -0.937. The van der Waals surface area contributed by atoms with Gasteiger partial charge >= 0.3 is 0 Å². The molecule has 1 heterocycles. The maximum absolute atomic E-state index is 12.8. The second-order valence-corrected chi connectivity index (χ2v) is 8.55. The highest BCUT2D eigenvalue weighted by Gasteiger charge is 2.54. The van der Waals surface area contributed by atoms with E-state index in [0.717, 1.165) is 19.3 Å². The Labute approximate surface area is 166 Å². The Morgan fingerprint density at radius 1 is 1.25 bits per heavy atom. The summed E-state index contributed by atoms with van der Waals surface area (Å²) >= 11 is 0. The van der Waals surface area contributed by atoms with Gasteiger partial charge in [-0.05, 0) is 43.9 Å². The van der Waals surface area contributed by atoms with E-state index in [1.165, 1.54) is 11.9 Å². The van der Waals surface area contributed by atoms with Crippen LogP contribution in [0.15, 0.2) is 35.6 Å². The minimum absolute atomic E-state index is 0.0630. The first-order valence-electron chi connectivity index (χ1n) is 10.1. The van der Waals surface area contributed by atoms with Crippen molar-refractivity contribution in [2.75, 3.05) is 20.3 Å². The van der Waals surface area contributed by atoms with E-state index < -0.39 is 29.8 Å². The number of likely N-dealkylation sites (tertiary alicyclic amines) is 1. The minimum Gasteiger partial charge on any atom is -0.511 e. The molecular formula is C22H31NO5. The Kier molecular flexibility index (Phi) is 5.82. The number of hydrogen-bond acceptors (Lipinski definition) is 5. The van der Waals surface area contributed by atoms with Crippen LogP contribution in [0.5, 0.6) is 0 Å². The van der Waals surface area contributed by atoms with Crippen LogP contribution in [0.25, 0.3) is 0 Å². The molecule has 6 nitrogen and oxygen atoms in total. The van der Waals surface area contributed by atoms with Gasteiger partial charge in [-0.1, -0.05) is 31.2 Å². The molecule has 3 rings (SSSR count). The molecule has 6 heteroatoms. The van der Waals surface area contributed by atoms with E-state index in [2.05, 4.69) is 12.2 Å². The number of allylic oxidation sites excluding steroid dienone is 5. The van der Waals surface area contributed by atoms with Gasteiger partial charge in [0.05, 0.1) is 6.61 Å². The lowest BCUT2D eigenvalue weighted by molar-refractivity contribution is -0.126. The summed E-state index contributed by atoms with van der Waals surface area (Å²) in [5.74, 6) is -0.861. The summed E-state index contributed by atoms with van der Waals surface area (Å²) in [7, 11) is 1.48. The largest absolute Gasteiger partial charge is 0.511 e. The molecule has 0 aromatic rings. The number of likely N-dealkylation sites (N-methyl/N-ethyl adjacent to an activating group) is 1. The second-order valence-electron chi connectivity index (χ2n) is 8.55.